The fourth-order valence-electron chi connectivity index (χ4n) is 3.35. The minimum Gasteiger partial charge on any atom is -0.369 e. The van der Waals surface area contributed by atoms with E-state index < -0.39 is 0 Å². The molecule has 1 aliphatic heterocycles. The minimum atomic E-state index is 0.525. The molecule has 1 aliphatic rings. The third kappa shape index (κ3) is 4.04. The van der Waals surface area contributed by atoms with E-state index in [1.54, 1.807) is 12.1 Å². The standard InChI is InChI=1S/C19H19Cl2N5S/c20-14-6-7-17(16(21)12-14)26-18(22-23-19(26)27)13-24-8-10-25(11-9-24)15-4-2-1-3-5-15/h1-7,12H,8-11,13H2,(H,23,27). The summed E-state index contributed by atoms with van der Waals surface area (Å²) in [4.78, 5) is 4.79. The lowest BCUT2D eigenvalue weighted by molar-refractivity contribution is 0.242. The highest BCUT2D eigenvalue weighted by Gasteiger charge is 2.20. The number of hydrogen-bond donors (Lipinski definition) is 1. The highest BCUT2D eigenvalue weighted by molar-refractivity contribution is 7.71. The first-order valence-corrected chi connectivity index (χ1v) is 9.92. The second-order valence-corrected chi connectivity index (χ2v) is 7.71. The van der Waals surface area contributed by atoms with E-state index in [1.165, 1.54) is 5.69 Å². The Labute approximate surface area is 173 Å². The van der Waals surface area contributed by atoms with Crippen LogP contribution < -0.4 is 4.90 Å². The number of nitrogens with zero attached hydrogens (tertiary/aromatic N) is 4. The van der Waals surface area contributed by atoms with Crippen LogP contribution >= 0.6 is 35.4 Å². The zero-order chi connectivity index (χ0) is 18.8. The van der Waals surface area contributed by atoms with Crippen LogP contribution in [0.15, 0.2) is 48.5 Å². The number of hydrogen-bond acceptors (Lipinski definition) is 4. The van der Waals surface area contributed by atoms with Crippen LogP contribution in [0.25, 0.3) is 5.69 Å². The van der Waals surface area contributed by atoms with Crippen LogP contribution in [0.3, 0.4) is 0 Å². The number of halogens is 2. The Hall–Kier alpha value is -1.86. The minimum absolute atomic E-state index is 0.525. The van der Waals surface area contributed by atoms with Crippen molar-refractivity contribution in [2.75, 3.05) is 31.1 Å². The van der Waals surface area contributed by atoms with Crippen LogP contribution in [0.5, 0.6) is 0 Å². The molecule has 0 aliphatic carbocycles. The van der Waals surface area contributed by atoms with Gasteiger partial charge in [0.05, 0.1) is 17.3 Å². The molecule has 0 radical (unpaired) electrons. The number of aromatic nitrogens is 3. The smallest absolute Gasteiger partial charge is 0.199 e. The molecule has 0 atom stereocenters. The first kappa shape index (κ1) is 18.5. The maximum Gasteiger partial charge on any atom is 0.199 e. The lowest BCUT2D eigenvalue weighted by Crippen LogP contribution is -2.46. The summed E-state index contributed by atoms with van der Waals surface area (Å²) in [5, 5.41) is 8.46. The number of rotatable bonds is 4. The quantitative estimate of drug-likeness (QED) is 0.629. The normalized spacial score (nSPS) is 15.3. The zero-order valence-corrected chi connectivity index (χ0v) is 16.9. The van der Waals surface area contributed by atoms with Crippen molar-refractivity contribution in [3.63, 3.8) is 0 Å². The molecule has 8 heteroatoms. The Bertz CT molecular complexity index is 977. The summed E-state index contributed by atoms with van der Waals surface area (Å²) in [5.74, 6) is 0.845. The lowest BCUT2D eigenvalue weighted by atomic mass is 10.2. The summed E-state index contributed by atoms with van der Waals surface area (Å²) in [7, 11) is 0. The van der Waals surface area contributed by atoms with Gasteiger partial charge in [0.2, 0.25) is 0 Å². The second-order valence-electron chi connectivity index (χ2n) is 6.47. The fourth-order valence-corrected chi connectivity index (χ4v) is 4.09. The summed E-state index contributed by atoms with van der Waals surface area (Å²) < 4.78 is 2.41. The molecule has 0 spiro atoms. The maximum atomic E-state index is 6.38. The lowest BCUT2D eigenvalue weighted by Gasteiger charge is -2.35. The van der Waals surface area contributed by atoms with Gasteiger partial charge in [-0.15, -0.1) is 0 Å². The van der Waals surface area contributed by atoms with E-state index in [0.29, 0.717) is 21.4 Å². The van der Waals surface area contributed by atoms with Gasteiger partial charge in [-0.2, -0.15) is 5.10 Å². The third-order valence-corrected chi connectivity index (χ3v) is 5.56. The topological polar surface area (TPSA) is 40.1 Å². The van der Waals surface area contributed by atoms with Crippen molar-refractivity contribution in [1.29, 1.82) is 0 Å². The van der Waals surface area contributed by atoms with Gasteiger partial charge in [0.15, 0.2) is 4.77 Å². The molecule has 27 heavy (non-hydrogen) atoms. The van der Waals surface area contributed by atoms with Gasteiger partial charge in [0, 0.05) is 36.9 Å². The Balaban J connectivity index is 1.49. The summed E-state index contributed by atoms with van der Waals surface area (Å²) >= 11 is 17.8. The van der Waals surface area contributed by atoms with Gasteiger partial charge >= 0.3 is 0 Å². The van der Waals surface area contributed by atoms with E-state index in [-0.39, 0.29) is 0 Å². The monoisotopic (exact) mass is 419 g/mol. The van der Waals surface area contributed by atoms with E-state index in [2.05, 4.69) is 44.3 Å². The molecule has 3 aromatic rings. The van der Waals surface area contributed by atoms with E-state index >= 15 is 0 Å². The SMILES string of the molecule is S=c1[nH]nc(CN2CCN(c3ccccc3)CC2)n1-c1ccc(Cl)cc1Cl. The summed E-state index contributed by atoms with van der Waals surface area (Å²) in [5.41, 5.74) is 2.06. The molecule has 0 amide bonds. The van der Waals surface area contributed by atoms with Crippen LogP contribution in [0.4, 0.5) is 5.69 Å². The number of piperazine rings is 1. The van der Waals surface area contributed by atoms with Crippen LogP contribution in [0.1, 0.15) is 5.82 Å². The van der Waals surface area contributed by atoms with Gasteiger partial charge in [0.25, 0.3) is 0 Å². The molecular formula is C19H19Cl2N5S. The number of para-hydroxylation sites is 1. The Kier molecular flexibility index (Phi) is 5.50. The highest BCUT2D eigenvalue weighted by Crippen LogP contribution is 2.26. The third-order valence-electron chi connectivity index (χ3n) is 4.75. The van der Waals surface area contributed by atoms with Crippen molar-refractivity contribution in [3.05, 3.63) is 69.2 Å². The Morgan fingerprint density at radius 2 is 1.74 bits per heavy atom. The summed E-state index contributed by atoms with van der Waals surface area (Å²) in [6, 6.07) is 15.9. The molecule has 1 N–H and O–H groups in total. The Morgan fingerprint density at radius 1 is 1.00 bits per heavy atom. The molecular weight excluding hydrogens is 401 g/mol. The average Bonchev–Trinajstić information content (AvgIpc) is 3.03. The van der Waals surface area contributed by atoms with Gasteiger partial charge in [-0.25, -0.2) is 0 Å². The van der Waals surface area contributed by atoms with Crippen LogP contribution in [0.2, 0.25) is 10.0 Å². The maximum absolute atomic E-state index is 6.38. The van der Waals surface area contributed by atoms with Crippen LogP contribution in [0, 0.1) is 4.77 Å². The molecule has 2 heterocycles. The van der Waals surface area contributed by atoms with Gasteiger partial charge in [-0.3, -0.25) is 14.6 Å². The van der Waals surface area contributed by atoms with E-state index in [0.717, 1.165) is 37.7 Å². The molecule has 1 aromatic heterocycles. The van der Waals surface area contributed by atoms with Crippen molar-refractivity contribution in [1.82, 2.24) is 19.7 Å². The first-order valence-electron chi connectivity index (χ1n) is 8.76. The second kappa shape index (κ2) is 8.02. The van der Waals surface area contributed by atoms with Crippen molar-refractivity contribution >= 4 is 41.1 Å². The van der Waals surface area contributed by atoms with Crippen molar-refractivity contribution in [2.24, 2.45) is 0 Å². The van der Waals surface area contributed by atoms with Crippen molar-refractivity contribution < 1.29 is 0 Å². The molecule has 2 aromatic carbocycles. The number of nitrogens with one attached hydrogen (secondary N) is 1. The van der Waals surface area contributed by atoms with Gasteiger partial charge < -0.3 is 4.90 Å². The summed E-state index contributed by atoms with van der Waals surface area (Å²) in [6.07, 6.45) is 0. The predicted molar refractivity (Wildman–Crippen MR) is 113 cm³/mol. The molecule has 0 unspecified atom stereocenters. The number of aromatic amines is 1. The first-order chi connectivity index (χ1) is 13.1. The molecule has 0 saturated carbocycles. The van der Waals surface area contributed by atoms with Crippen LogP contribution in [-0.4, -0.2) is 45.8 Å². The fraction of sp³-hybridized carbons (Fsp3) is 0.263. The summed E-state index contributed by atoms with van der Waals surface area (Å²) in [6.45, 7) is 4.59. The average molecular weight is 420 g/mol. The molecule has 1 saturated heterocycles. The van der Waals surface area contributed by atoms with Crippen molar-refractivity contribution in [2.45, 2.75) is 6.54 Å². The van der Waals surface area contributed by atoms with Crippen molar-refractivity contribution in [3.8, 4) is 5.69 Å². The largest absolute Gasteiger partial charge is 0.369 e. The zero-order valence-electron chi connectivity index (χ0n) is 14.6. The molecule has 140 valence electrons. The predicted octanol–water partition coefficient (Wildman–Crippen LogP) is 4.56. The Morgan fingerprint density at radius 3 is 2.44 bits per heavy atom. The number of anilines is 1. The molecule has 4 rings (SSSR count). The van der Waals surface area contributed by atoms with Crippen LogP contribution in [-0.2, 0) is 6.54 Å². The highest BCUT2D eigenvalue weighted by atomic mass is 35.5. The van der Waals surface area contributed by atoms with Gasteiger partial charge in [0.1, 0.15) is 5.82 Å². The van der Waals surface area contributed by atoms with E-state index in [4.69, 9.17) is 35.4 Å². The molecule has 1 fully saturated rings. The molecule has 5 nitrogen and oxygen atoms in total. The van der Waals surface area contributed by atoms with E-state index in [1.807, 2.05) is 16.7 Å². The van der Waals surface area contributed by atoms with Gasteiger partial charge in [-0.1, -0.05) is 41.4 Å². The van der Waals surface area contributed by atoms with Gasteiger partial charge in [-0.05, 0) is 42.5 Å². The van der Waals surface area contributed by atoms with E-state index in [9.17, 15) is 0 Å². The number of benzene rings is 2. The molecule has 0 bridgehead atoms. The number of H-pyrrole nitrogens is 1.